The molecule has 1 aromatic rings. The van der Waals surface area contributed by atoms with E-state index < -0.39 is 0 Å². The molecule has 1 aliphatic carbocycles. The molecular formula is C19H29ClFIN4O. The van der Waals surface area contributed by atoms with Crippen LogP contribution in [0.15, 0.2) is 23.2 Å². The summed E-state index contributed by atoms with van der Waals surface area (Å²) in [7, 11) is 5.28. The number of carbonyl (C=O) groups is 1. The molecule has 0 spiro atoms. The number of carbonyl (C=O) groups excluding carboxylic acids is 1. The number of amides is 1. The van der Waals surface area contributed by atoms with Crippen molar-refractivity contribution in [1.82, 2.24) is 15.5 Å². The molecule has 0 aromatic heterocycles. The van der Waals surface area contributed by atoms with Crippen molar-refractivity contribution in [3.05, 3.63) is 34.6 Å². The number of guanidine groups is 1. The summed E-state index contributed by atoms with van der Waals surface area (Å²) in [6.07, 6.45) is 4.36. The fraction of sp³-hybridized carbons (Fsp3) is 0.579. The van der Waals surface area contributed by atoms with Gasteiger partial charge in [-0.15, -0.1) is 24.0 Å². The predicted molar refractivity (Wildman–Crippen MR) is 119 cm³/mol. The van der Waals surface area contributed by atoms with Crippen molar-refractivity contribution in [3.8, 4) is 0 Å². The summed E-state index contributed by atoms with van der Waals surface area (Å²) in [4.78, 5) is 18.5. The maximum atomic E-state index is 13.8. The fourth-order valence-corrected chi connectivity index (χ4v) is 3.80. The second kappa shape index (κ2) is 11.0. The van der Waals surface area contributed by atoms with Gasteiger partial charge in [-0.2, -0.15) is 0 Å². The molecule has 0 bridgehead atoms. The SMILES string of the molecule is CN=C(NCCc1c(F)cccc1Cl)NCC1(C(=O)N(C)C)CCCC1.I. The van der Waals surface area contributed by atoms with Gasteiger partial charge in [0.25, 0.3) is 0 Å². The van der Waals surface area contributed by atoms with E-state index in [2.05, 4.69) is 15.6 Å². The van der Waals surface area contributed by atoms with E-state index in [4.69, 9.17) is 11.6 Å². The second-order valence-corrected chi connectivity index (χ2v) is 7.40. The Kier molecular flexibility index (Phi) is 9.80. The van der Waals surface area contributed by atoms with Crippen LogP contribution >= 0.6 is 35.6 Å². The molecular weight excluding hydrogens is 482 g/mol. The fourth-order valence-electron chi connectivity index (χ4n) is 3.54. The minimum Gasteiger partial charge on any atom is -0.356 e. The van der Waals surface area contributed by atoms with E-state index in [1.54, 1.807) is 38.2 Å². The van der Waals surface area contributed by atoms with Crippen LogP contribution < -0.4 is 10.6 Å². The third-order valence-corrected chi connectivity index (χ3v) is 5.32. The summed E-state index contributed by atoms with van der Waals surface area (Å²) < 4.78 is 13.8. The molecule has 27 heavy (non-hydrogen) atoms. The van der Waals surface area contributed by atoms with Gasteiger partial charge in [0.1, 0.15) is 5.82 Å². The molecule has 5 nitrogen and oxygen atoms in total. The lowest BCUT2D eigenvalue weighted by Gasteiger charge is -2.31. The van der Waals surface area contributed by atoms with Gasteiger partial charge in [0, 0.05) is 44.8 Å². The molecule has 0 atom stereocenters. The Morgan fingerprint density at radius 1 is 1.30 bits per heavy atom. The summed E-state index contributed by atoms with van der Waals surface area (Å²) in [5.74, 6) is 0.468. The lowest BCUT2D eigenvalue weighted by Crippen LogP contribution is -2.49. The number of nitrogens with zero attached hydrogens (tertiary/aromatic N) is 2. The number of halogens is 3. The van der Waals surface area contributed by atoms with Gasteiger partial charge in [0.05, 0.1) is 5.41 Å². The minimum atomic E-state index is -0.365. The summed E-state index contributed by atoms with van der Waals surface area (Å²) in [6.45, 7) is 1.04. The van der Waals surface area contributed by atoms with Crippen LogP contribution in [0.1, 0.15) is 31.2 Å². The largest absolute Gasteiger partial charge is 0.356 e. The van der Waals surface area contributed by atoms with Crippen LogP contribution in [0, 0.1) is 11.2 Å². The van der Waals surface area contributed by atoms with Gasteiger partial charge in [-0.05, 0) is 31.4 Å². The van der Waals surface area contributed by atoms with Crippen LogP contribution in [0.25, 0.3) is 0 Å². The van der Waals surface area contributed by atoms with Crippen molar-refractivity contribution < 1.29 is 9.18 Å². The van der Waals surface area contributed by atoms with E-state index in [0.717, 1.165) is 25.7 Å². The maximum Gasteiger partial charge on any atom is 0.230 e. The lowest BCUT2D eigenvalue weighted by molar-refractivity contribution is -0.138. The van der Waals surface area contributed by atoms with Crippen LogP contribution in [0.4, 0.5) is 4.39 Å². The van der Waals surface area contributed by atoms with Crippen molar-refractivity contribution in [2.24, 2.45) is 10.4 Å². The Morgan fingerprint density at radius 2 is 1.96 bits per heavy atom. The summed E-state index contributed by atoms with van der Waals surface area (Å²) in [5, 5.41) is 6.87. The summed E-state index contributed by atoms with van der Waals surface area (Å²) in [5.41, 5.74) is 0.128. The van der Waals surface area contributed by atoms with Gasteiger partial charge >= 0.3 is 0 Å². The first-order valence-corrected chi connectivity index (χ1v) is 9.36. The predicted octanol–water partition coefficient (Wildman–Crippen LogP) is 3.45. The Morgan fingerprint density at radius 3 is 2.52 bits per heavy atom. The normalized spacial score (nSPS) is 15.8. The highest BCUT2D eigenvalue weighted by Crippen LogP contribution is 2.38. The topological polar surface area (TPSA) is 56.7 Å². The van der Waals surface area contributed by atoms with Gasteiger partial charge in [-0.1, -0.05) is 30.5 Å². The highest BCUT2D eigenvalue weighted by Gasteiger charge is 2.42. The van der Waals surface area contributed by atoms with Crippen LogP contribution in [0.3, 0.4) is 0 Å². The monoisotopic (exact) mass is 510 g/mol. The zero-order valence-electron chi connectivity index (χ0n) is 16.1. The molecule has 1 amide bonds. The summed E-state index contributed by atoms with van der Waals surface area (Å²) >= 11 is 6.05. The lowest BCUT2D eigenvalue weighted by atomic mass is 9.84. The Balaban J connectivity index is 0.00000364. The Labute approximate surface area is 183 Å². The molecule has 8 heteroatoms. The number of nitrogens with one attached hydrogen (secondary N) is 2. The van der Waals surface area contributed by atoms with Crippen LogP contribution in [-0.2, 0) is 11.2 Å². The highest BCUT2D eigenvalue weighted by molar-refractivity contribution is 14.0. The van der Waals surface area contributed by atoms with E-state index >= 15 is 0 Å². The van der Waals surface area contributed by atoms with Crippen LogP contribution in [-0.4, -0.2) is 51.0 Å². The number of hydrogen-bond acceptors (Lipinski definition) is 2. The molecule has 1 fully saturated rings. The van der Waals surface area contributed by atoms with Crippen molar-refractivity contribution in [2.45, 2.75) is 32.1 Å². The first-order valence-electron chi connectivity index (χ1n) is 8.99. The Hall–Kier alpha value is -1.09. The molecule has 1 aliphatic rings. The van der Waals surface area contributed by atoms with Crippen LogP contribution in [0.2, 0.25) is 5.02 Å². The van der Waals surface area contributed by atoms with Gasteiger partial charge < -0.3 is 15.5 Å². The minimum absolute atomic E-state index is 0. The molecule has 2 N–H and O–H groups in total. The van der Waals surface area contributed by atoms with Gasteiger partial charge in [-0.3, -0.25) is 9.79 Å². The second-order valence-electron chi connectivity index (χ2n) is 6.99. The van der Waals surface area contributed by atoms with Crippen molar-refractivity contribution in [1.29, 1.82) is 0 Å². The van der Waals surface area contributed by atoms with Crippen molar-refractivity contribution in [2.75, 3.05) is 34.2 Å². The third-order valence-electron chi connectivity index (χ3n) is 4.97. The van der Waals surface area contributed by atoms with Crippen molar-refractivity contribution in [3.63, 3.8) is 0 Å². The number of rotatable bonds is 6. The average molecular weight is 511 g/mol. The number of hydrogen-bond donors (Lipinski definition) is 2. The molecule has 0 radical (unpaired) electrons. The number of aliphatic imine (C=N–C) groups is 1. The molecule has 1 saturated carbocycles. The van der Waals surface area contributed by atoms with Crippen LogP contribution in [0.5, 0.6) is 0 Å². The molecule has 0 aliphatic heterocycles. The van der Waals surface area contributed by atoms with Crippen molar-refractivity contribution >= 4 is 47.4 Å². The maximum absolute atomic E-state index is 13.8. The standard InChI is InChI=1S/C19H28ClFN4O.HI/c1-22-18(23-12-9-14-15(20)7-6-8-16(14)21)24-13-19(10-4-5-11-19)17(26)25(2)3;/h6-8H,4-5,9-13H2,1-3H3,(H2,22,23,24);1H. The van der Waals surface area contributed by atoms with E-state index in [-0.39, 0.29) is 41.1 Å². The molecule has 0 unspecified atom stereocenters. The Bertz CT molecular complexity index is 643. The zero-order valence-corrected chi connectivity index (χ0v) is 19.2. The smallest absolute Gasteiger partial charge is 0.230 e. The van der Waals surface area contributed by atoms with Gasteiger partial charge in [0.15, 0.2) is 5.96 Å². The first kappa shape index (κ1) is 23.9. The van der Waals surface area contributed by atoms with E-state index in [1.807, 2.05) is 0 Å². The van der Waals surface area contributed by atoms with Gasteiger partial charge in [-0.25, -0.2) is 4.39 Å². The zero-order chi connectivity index (χ0) is 19.2. The highest BCUT2D eigenvalue weighted by atomic mass is 127. The van der Waals surface area contributed by atoms with E-state index in [0.29, 0.717) is 36.1 Å². The molecule has 0 saturated heterocycles. The third kappa shape index (κ3) is 6.20. The average Bonchev–Trinajstić information content (AvgIpc) is 3.09. The van der Waals surface area contributed by atoms with E-state index in [9.17, 15) is 9.18 Å². The van der Waals surface area contributed by atoms with Gasteiger partial charge in [0.2, 0.25) is 5.91 Å². The quantitative estimate of drug-likeness (QED) is 0.350. The molecule has 0 heterocycles. The first-order chi connectivity index (χ1) is 12.4. The van der Waals surface area contributed by atoms with E-state index in [1.165, 1.54) is 6.07 Å². The molecule has 2 rings (SSSR count). The summed E-state index contributed by atoms with van der Waals surface area (Å²) in [6, 6.07) is 4.69. The molecule has 152 valence electrons. The molecule has 1 aromatic carbocycles. The number of benzene rings is 1.